The number of pyridine rings is 1. The van der Waals surface area contributed by atoms with E-state index in [0.29, 0.717) is 11.1 Å². The third kappa shape index (κ3) is 2.35. The number of nitrogens with zero attached hydrogens (tertiary/aromatic N) is 4. The molecule has 90 valence electrons. The number of carbonyl (C=O) groups is 1. The molecule has 0 aliphatic heterocycles. The van der Waals surface area contributed by atoms with Crippen molar-refractivity contribution in [3.63, 3.8) is 0 Å². The Bertz CT molecular complexity index is 638. The van der Waals surface area contributed by atoms with Gasteiger partial charge in [0.1, 0.15) is 11.6 Å². The molecule has 6 heteroatoms. The van der Waals surface area contributed by atoms with E-state index in [4.69, 9.17) is 5.26 Å². The van der Waals surface area contributed by atoms with Gasteiger partial charge in [0.05, 0.1) is 5.56 Å². The summed E-state index contributed by atoms with van der Waals surface area (Å²) < 4.78 is 1.47. The number of carbonyl (C=O) groups excluding carboxylic acids is 1. The molecule has 0 spiro atoms. The Labute approximate surface area is 104 Å². The molecule has 2 aromatic rings. The lowest BCUT2D eigenvalue weighted by atomic mass is 10.2. The zero-order valence-electron chi connectivity index (χ0n) is 10.0. The van der Waals surface area contributed by atoms with Gasteiger partial charge in [-0.15, -0.1) is 0 Å². The van der Waals surface area contributed by atoms with Gasteiger partial charge < -0.3 is 5.32 Å². The van der Waals surface area contributed by atoms with Crippen LogP contribution in [0.5, 0.6) is 0 Å². The summed E-state index contributed by atoms with van der Waals surface area (Å²) in [5, 5.41) is 15.5. The summed E-state index contributed by atoms with van der Waals surface area (Å²) in [6, 6.07) is 3.69. The van der Waals surface area contributed by atoms with Gasteiger partial charge >= 0.3 is 0 Å². The van der Waals surface area contributed by atoms with Crippen LogP contribution >= 0.6 is 0 Å². The van der Waals surface area contributed by atoms with Gasteiger partial charge in [0, 0.05) is 25.6 Å². The van der Waals surface area contributed by atoms with Gasteiger partial charge in [0.2, 0.25) is 0 Å². The van der Waals surface area contributed by atoms with Gasteiger partial charge in [0.15, 0.2) is 5.82 Å². The lowest BCUT2D eigenvalue weighted by Gasteiger charge is -2.02. The molecule has 1 amide bonds. The Morgan fingerprint density at radius 1 is 1.50 bits per heavy atom. The Morgan fingerprint density at radius 2 is 2.28 bits per heavy atom. The average molecular weight is 241 g/mol. The van der Waals surface area contributed by atoms with Crippen LogP contribution in [0.25, 0.3) is 0 Å². The number of nitriles is 1. The molecular formula is C12H11N5O. The van der Waals surface area contributed by atoms with Gasteiger partial charge in [-0.05, 0) is 18.6 Å². The predicted octanol–water partition coefficient (Wildman–Crippen LogP) is 1.25. The molecule has 0 bridgehead atoms. The van der Waals surface area contributed by atoms with Gasteiger partial charge in [-0.2, -0.15) is 10.4 Å². The third-order valence-corrected chi connectivity index (χ3v) is 2.32. The van der Waals surface area contributed by atoms with Crippen LogP contribution in [0.4, 0.5) is 5.82 Å². The Morgan fingerprint density at radius 3 is 2.94 bits per heavy atom. The van der Waals surface area contributed by atoms with Crippen molar-refractivity contribution in [2.24, 2.45) is 7.05 Å². The molecule has 0 saturated heterocycles. The first-order valence-electron chi connectivity index (χ1n) is 5.27. The highest BCUT2D eigenvalue weighted by atomic mass is 16.1. The molecule has 0 aromatic carbocycles. The van der Waals surface area contributed by atoms with E-state index in [0.717, 1.165) is 5.56 Å². The highest BCUT2D eigenvalue weighted by Crippen LogP contribution is 2.12. The van der Waals surface area contributed by atoms with Crippen LogP contribution in [-0.4, -0.2) is 20.7 Å². The molecule has 2 rings (SSSR count). The molecule has 0 unspecified atom stereocenters. The number of rotatable bonds is 2. The largest absolute Gasteiger partial charge is 0.304 e. The lowest BCUT2D eigenvalue weighted by Crippen LogP contribution is -2.13. The number of hydrogen-bond acceptors (Lipinski definition) is 4. The van der Waals surface area contributed by atoms with E-state index in [9.17, 15) is 4.79 Å². The summed E-state index contributed by atoms with van der Waals surface area (Å²) in [5.41, 5.74) is 1.65. The fourth-order valence-electron chi connectivity index (χ4n) is 1.52. The zero-order chi connectivity index (χ0) is 13.1. The summed E-state index contributed by atoms with van der Waals surface area (Å²) in [6.45, 7) is 1.85. The summed E-state index contributed by atoms with van der Waals surface area (Å²) in [6.07, 6.45) is 4.68. The van der Waals surface area contributed by atoms with E-state index < -0.39 is 0 Å². The highest BCUT2D eigenvalue weighted by molar-refractivity contribution is 6.04. The van der Waals surface area contributed by atoms with E-state index in [1.54, 1.807) is 25.5 Å². The van der Waals surface area contributed by atoms with Crippen LogP contribution in [0, 0.1) is 18.3 Å². The highest BCUT2D eigenvalue weighted by Gasteiger charge is 2.12. The maximum Gasteiger partial charge on any atom is 0.258 e. The topological polar surface area (TPSA) is 83.6 Å². The molecule has 0 atom stereocenters. The van der Waals surface area contributed by atoms with Crippen molar-refractivity contribution in [2.75, 3.05) is 5.32 Å². The molecule has 0 aliphatic carbocycles. The molecular weight excluding hydrogens is 230 g/mol. The van der Waals surface area contributed by atoms with Crippen molar-refractivity contribution >= 4 is 11.7 Å². The van der Waals surface area contributed by atoms with Crippen molar-refractivity contribution in [1.29, 1.82) is 5.26 Å². The molecule has 6 nitrogen and oxygen atoms in total. The first-order chi connectivity index (χ1) is 8.60. The molecule has 0 aliphatic rings. The Balaban J connectivity index is 2.24. The van der Waals surface area contributed by atoms with Crippen LogP contribution in [-0.2, 0) is 7.05 Å². The predicted molar refractivity (Wildman–Crippen MR) is 64.9 cm³/mol. The minimum Gasteiger partial charge on any atom is -0.304 e. The second-order valence-electron chi connectivity index (χ2n) is 3.88. The Hall–Kier alpha value is -2.68. The van der Waals surface area contributed by atoms with E-state index in [1.807, 2.05) is 13.0 Å². The third-order valence-electron chi connectivity index (χ3n) is 2.32. The monoisotopic (exact) mass is 241 g/mol. The molecule has 18 heavy (non-hydrogen) atoms. The number of anilines is 1. The van der Waals surface area contributed by atoms with Crippen LogP contribution in [0.3, 0.4) is 0 Å². The SMILES string of the molecule is Cc1cncc(C(=O)Nc2nn(C)cc2C#N)c1. The zero-order valence-corrected chi connectivity index (χ0v) is 10.0. The number of aryl methyl sites for hydroxylation is 2. The number of aromatic nitrogens is 3. The van der Waals surface area contributed by atoms with Crippen molar-refractivity contribution in [2.45, 2.75) is 6.92 Å². The standard InChI is InChI=1S/C12H11N5O/c1-8-3-9(6-14-5-8)12(18)15-11-10(4-13)7-17(2)16-11/h3,5-7H,1-2H3,(H,15,16,18). The number of amides is 1. The van der Waals surface area contributed by atoms with Crippen LogP contribution in [0.15, 0.2) is 24.7 Å². The number of nitrogens with one attached hydrogen (secondary N) is 1. The summed E-state index contributed by atoms with van der Waals surface area (Å²) in [5.74, 6) is -0.0760. The van der Waals surface area contributed by atoms with E-state index in [-0.39, 0.29) is 11.7 Å². The summed E-state index contributed by atoms with van der Waals surface area (Å²) in [4.78, 5) is 15.9. The van der Waals surface area contributed by atoms with E-state index >= 15 is 0 Å². The van der Waals surface area contributed by atoms with Crippen molar-refractivity contribution < 1.29 is 4.79 Å². The lowest BCUT2D eigenvalue weighted by molar-refractivity contribution is 0.102. The quantitative estimate of drug-likeness (QED) is 0.857. The van der Waals surface area contributed by atoms with Crippen LogP contribution in [0.1, 0.15) is 21.5 Å². The molecule has 2 heterocycles. The fourth-order valence-corrected chi connectivity index (χ4v) is 1.52. The minimum absolute atomic E-state index is 0.256. The molecule has 1 N–H and O–H groups in total. The van der Waals surface area contributed by atoms with Gasteiger partial charge in [0.25, 0.3) is 5.91 Å². The normalized spacial score (nSPS) is 9.83. The first-order valence-corrected chi connectivity index (χ1v) is 5.27. The van der Waals surface area contributed by atoms with Crippen molar-refractivity contribution in [3.8, 4) is 6.07 Å². The smallest absolute Gasteiger partial charge is 0.258 e. The average Bonchev–Trinajstić information content (AvgIpc) is 2.69. The summed E-state index contributed by atoms with van der Waals surface area (Å²) in [7, 11) is 1.69. The summed E-state index contributed by atoms with van der Waals surface area (Å²) >= 11 is 0. The van der Waals surface area contributed by atoms with Crippen molar-refractivity contribution in [1.82, 2.24) is 14.8 Å². The van der Waals surface area contributed by atoms with Gasteiger partial charge in [-0.25, -0.2) is 0 Å². The molecule has 2 aromatic heterocycles. The molecule has 0 saturated carbocycles. The van der Waals surface area contributed by atoms with Gasteiger partial charge in [-0.1, -0.05) is 0 Å². The van der Waals surface area contributed by atoms with Crippen LogP contribution in [0.2, 0.25) is 0 Å². The fraction of sp³-hybridized carbons (Fsp3) is 0.167. The maximum absolute atomic E-state index is 11.9. The van der Waals surface area contributed by atoms with Crippen LogP contribution < -0.4 is 5.32 Å². The Kier molecular flexibility index (Phi) is 3.06. The van der Waals surface area contributed by atoms with E-state index in [2.05, 4.69) is 15.4 Å². The second kappa shape index (κ2) is 4.67. The van der Waals surface area contributed by atoms with E-state index in [1.165, 1.54) is 10.9 Å². The molecule has 0 fully saturated rings. The number of hydrogen-bond donors (Lipinski definition) is 1. The minimum atomic E-state index is -0.332. The first kappa shape index (κ1) is 11.8. The van der Waals surface area contributed by atoms with Crippen molar-refractivity contribution in [3.05, 3.63) is 41.3 Å². The molecule has 0 radical (unpaired) electrons. The maximum atomic E-state index is 11.9. The second-order valence-corrected chi connectivity index (χ2v) is 3.88. The van der Waals surface area contributed by atoms with Gasteiger partial charge in [-0.3, -0.25) is 14.5 Å².